The number of sulfonamides is 1. The fourth-order valence-corrected chi connectivity index (χ4v) is 7.23. The summed E-state index contributed by atoms with van der Waals surface area (Å²) in [5.74, 6) is 0. The van der Waals surface area contributed by atoms with Gasteiger partial charge in [0.1, 0.15) is 6.54 Å². The SMILES string of the molecule is Cc1cc(C)cc(CN(CCCC[N+](C)(C)Cc2cc(C)cc(C)c2)S(=O)(=O)c2cc(Cl)cc(Cl)c2)c1.[Br-]. The summed E-state index contributed by atoms with van der Waals surface area (Å²) < 4.78 is 29.8. The lowest BCUT2D eigenvalue weighted by Crippen LogP contribution is -3.00. The lowest BCUT2D eigenvalue weighted by molar-refractivity contribution is -0.903. The van der Waals surface area contributed by atoms with Crippen LogP contribution in [0, 0.1) is 27.7 Å². The lowest BCUT2D eigenvalue weighted by Gasteiger charge is -2.31. The zero-order valence-corrected chi connectivity index (χ0v) is 27.1. The van der Waals surface area contributed by atoms with Gasteiger partial charge >= 0.3 is 0 Å². The van der Waals surface area contributed by atoms with E-state index in [1.54, 1.807) is 10.4 Å². The van der Waals surface area contributed by atoms with Crippen LogP contribution >= 0.6 is 23.2 Å². The van der Waals surface area contributed by atoms with E-state index in [-0.39, 0.29) is 21.9 Å². The number of rotatable bonds is 11. The normalized spacial score (nSPS) is 12.0. The third kappa shape index (κ3) is 9.65. The van der Waals surface area contributed by atoms with Gasteiger partial charge in [0.15, 0.2) is 0 Å². The number of nitrogens with zero attached hydrogens (tertiary/aromatic N) is 2. The molecule has 0 saturated carbocycles. The minimum atomic E-state index is -3.78. The highest BCUT2D eigenvalue weighted by Crippen LogP contribution is 2.27. The summed E-state index contributed by atoms with van der Waals surface area (Å²) in [5, 5.41) is 0.616. The average molecular weight is 643 g/mol. The smallest absolute Gasteiger partial charge is 0.243 e. The van der Waals surface area contributed by atoms with Crippen LogP contribution in [-0.4, -0.2) is 44.4 Å². The molecule has 0 radical (unpaired) electrons. The maximum atomic E-state index is 13.7. The van der Waals surface area contributed by atoms with Crippen LogP contribution in [0.15, 0.2) is 59.5 Å². The molecule has 0 bridgehead atoms. The first-order valence-corrected chi connectivity index (χ1v) is 14.9. The Balaban J connectivity index is 0.00000507. The molecular weight excluding hydrogens is 603 g/mol. The van der Waals surface area contributed by atoms with Crippen LogP contribution in [0.4, 0.5) is 0 Å². The first kappa shape index (κ1) is 32.8. The van der Waals surface area contributed by atoms with E-state index in [0.29, 0.717) is 23.1 Å². The van der Waals surface area contributed by atoms with Crippen LogP contribution in [0.1, 0.15) is 46.2 Å². The van der Waals surface area contributed by atoms with Crippen molar-refractivity contribution in [2.45, 2.75) is 58.5 Å². The molecule has 0 unspecified atom stereocenters. The minimum Gasteiger partial charge on any atom is -1.00 e. The molecule has 4 nitrogen and oxygen atoms in total. The first-order valence-electron chi connectivity index (χ1n) is 12.7. The van der Waals surface area contributed by atoms with E-state index in [0.717, 1.165) is 47.1 Å². The second-order valence-electron chi connectivity index (χ2n) is 11.0. The third-order valence-electron chi connectivity index (χ3n) is 6.43. The Kier molecular flexibility index (Phi) is 11.9. The molecule has 0 fully saturated rings. The van der Waals surface area contributed by atoms with Crippen molar-refractivity contribution >= 4 is 33.2 Å². The molecule has 3 aromatic carbocycles. The summed E-state index contributed by atoms with van der Waals surface area (Å²) in [6.45, 7) is 10.9. The van der Waals surface area contributed by atoms with E-state index in [4.69, 9.17) is 23.2 Å². The van der Waals surface area contributed by atoms with Crippen LogP contribution in [0.2, 0.25) is 10.0 Å². The Morgan fingerprint density at radius 1 is 0.711 bits per heavy atom. The van der Waals surface area contributed by atoms with E-state index >= 15 is 0 Å². The molecular formula is C30H39BrCl2N2O2S. The van der Waals surface area contributed by atoms with Gasteiger partial charge < -0.3 is 21.5 Å². The molecule has 0 heterocycles. The fourth-order valence-electron chi connectivity index (χ4n) is 5.04. The molecule has 0 aliphatic heterocycles. The van der Waals surface area contributed by atoms with Gasteiger partial charge in [-0.2, -0.15) is 4.31 Å². The van der Waals surface area contributed by atoms with E-state index in [1.165, 1.54) is 28.8 Å². The minimum absolute atomic E-state index is 0. The molecule has 0 saturated heterocycles. The Labute approximate surface area is 250 Å². The van der Waals surface area contributed by atoms with Crippen LogP contribution in [0.25, 0.3) is 0 Å². The van der Waals surface area contributed by atoms with Crippen molar-refractivity contribution in [2.75, 3.05) is 27.2 Å². The van der Waals surface area contributed by atoms with Gasteiger partial charge in [0.2, 0.25) is 10.0 Å². The highest BCUT2D eigenvalue weighted by atomic mass is 79.9. The molecule has 3 aromatic rings. The molecule has 0 aliphatic rings. The molecule has 8 heteroatoms. The van der Waals surface area contributed by atoms with Crippen molar-refractivity contribution < 1.29 is 29.9 Å². The summed E-state index contributed by atoms with van der Waals surface area (Å²) in [6, 6.07) is 17.4. The fraction of sp³-hybridized carbons (Fsp3) is 0.400. The molecule has 0 amide bonds. The van der Waals surface area contributed by atoms with Gasteiger partial charge in [0.25, 0.3) is 0 Å². The summed E-state index contributed by atoms with van der Waals surface area (Å²) >= 11 is 12.3. The first-order chi connectivity index (χ1) is 17.2. The van der Waals surface area contributed by atoms with Gasteiger partial charge in [-0.1, -0.05) is 81.9 Å². The molecule has 0 atom stereocenters. The van der Waals surface area contributed by atoms with Gasteiger partial charge in [0.05, 0.1) is 25.5 Å². The van der Waals surface area contributed by atoms with Crippen LogP contribution < -0.4 is 17.0 Å². The summed E-state index contributed by atoms with van der Waals surface area (Å²) in [6.07, 6.45) is 1.67. The van der Waals surface area contributed by atoms with Crippen molar-refractivity contribution in [3.63, 3.8) is 0 Å². The summed E-state index contributed by atoms with van der Waals surface area (Å²) in [4.78, 5) is 0.125. The van der Waals surface area contributed by atoms with Gasteiger partial charge in [-0.25, -0.2) is 8.42 Å². The standard InChI is InChI=1S/C30H39Cl2N2O2S.BrH/c1-22-11-23(2)14-26(13-22)20-33(37(35,36)30-18-28(31)17-29(32)19-30)9-7-8-10-34(5,6)21-27-15-24(3)12-25(4)16-27;/h11-19H,7-10,20-21H2,1-6H3;1H/q+1;/p-1. The zero-order valence-electron chi connectivity index (χ0n) is 23.2. The maximum Gasteiger partial charge on any atom is 0.243 e. The predicted molar refractivity (Wildman–Crippen MR) is 156 cm³/mol. The Morgan fingerprint density at radius 2 is 1.18 bits per heavy atom. The Hall–Kier alpha value is -1.41. The maximum absolute atomic E-state index is 13.7. The van der Waals surface area contributed by atoms with Gasteiger partial charge in [-0.05, 0) is 64.3 Å². The highest BCUT2D eigenvalue weighted by molar-refractivity contribution is 7.89. The Bertz CT molecular complexity index is 1300. The van der Waals surface area contributed by atoms with Crippen molar-refractivity contribution in [3.05, 3.63) is 98.0 Å². The monoisotopic (exact) mass is 640 g/mol. The van der Waals surface area contributed by atoms with E-state index in [2.05, 4.69) is 52.2 Å². The van der Waals surface area contributed by atoms with E-state index in [9.17, 15) is 8.42 Å². The second-order valence-corrected chi connectivity index (χ2v) is 13.8. The van der Waals surface area contributed by atoms with Crippen LogP contribution in [-0.2, 0) is 23.1 Å². The van der Waals surface area contributed by atoms with Crippen LogP contribution in [0.5, 0.6) is 0 Å². The number of aryl methyl sites for hydroxylation is 4. The van der Waals surface area contributed by atoms with E-state index < -0.39 is 10.0 Å². The number of benzene rings is 3. The molecule has 208 valence electrons. The van der Waals surface area contributed by atoms with Crippen LogP contribution in [0.3, 0.4) is 0 Å². The van der Waals surface area contributed by atoms with Crippen molar-refractivity contribution in [1.82, 2.24) is 4.31 Å². The lowest BCUT2D eigenvalue weighted by atomic mass is 10.1. The zero-order chi connectivity index (χ0) is 27.4. The number of quaternary nitrogens is 1. The Morgan fingerprint density at radius 3 is 1.68 bits per heavy atom. The quantitative estimate of drug-likeness (QED) is 0.229. The number of unbranched alkanes of at least 4 members (excludes halogenated alkanes) is 1. The highest BCUT2D eigenvalue weighted by Gasteiger charge is 2.26. The average Bonchev–Trinajstić information content (AvgIpc) is 2.73. The predicted octanol–water partition coefficient (Wildman–Crippen LogP) is 4.48. The van der Waals surface area contributed by atoms with Gasteiger partial charge in [-0.15, -0.1) is 0 Å². The number of halogens is 3. The molecule has 38 heavy (non-hydrogen) atoms. The van der Waals surface area contributed by atoms with Crippen molar-refractivity contribution in [2.24, 2.45) is 0 Å². The molecule has 0 aromatic heterocycles. The number of hydrogen-bond acceptors (Lipinski definition) is 2. The number of hydrogen-bond donors (Lipinski definition) is 0. The van der Waals surface area contributed by atoms with E-state index in [1.807, 2.05) is 26.0 Å². The summed E-state index contributed by atoms with van der Waals surface area (Å²) in [7, 11) is 0.679. The third-order valence-corrected chi connectivity index (χ3v) is 8.69. The topological polar surface area (TPSA) is 37.4 Å². The second kappa shape index (κ2) is 13.8. The summed E-state index contributed by atoms with van der Waals surface area (Å²) in [5.41, 5.74) is 7.10. The van der Waals surface area contributed by atoms with Crippen molar-refractivity contribution in [1.29, 1.82) is 0 Å². The van der Waals surface area contributed by atoms with Gasteiger partial charge in [-0.3, -0.25) is 0 Å². The van der Waals surface area contributed by atoms with Gasteiger partial charge in [0, 0.05) is 28.7 Å². The largest absolute Gasteiger partial charge is 1.00 e. The molecule has 0 aliphatic carbocycles. The van der Waals surface area contributed by atoms with Crippen molar-refractivity contribution in [3.8, 4) is 0 Å². The molecule has 3 rings (SSSR count). The molecule has 0 spiro atoms. The molecule has 0 N–H and O–H groups in total.